The Labute approximate surface area is 135 Å². The normalized spacial score (nSPS) is 10.8. The zero-order valence-corrected chi connectivity index (χ0v) is 13.4. The van der Waals surface area contributed by atoms with Crippen molar-refractivity contribution in [3.8, 4) is 0 Å². The minimum Gasteiger partial charge on any atom is -0.294 e. The summed E-state index contributed by atoms with van der Waals surface area (Å²) in [6, 6.07) is 16.9. The zero-order valence-electron chi connectivity index (χ0n) is 11.0. The van der Waals surface area contributed by atoms with E-state index in [1.807, 2.05) is 36.4 Å². The molecule has 4 heteroatoms. The summed E-state index contributed by atoms with van der Waals surface area (Å²) < 4.78 is 0.709. The van der Waals surface area contributed by atoms with Gasteiger partial charge in [0.2, 0.25) is 0 Å². The van der Waals surface area contributed by atoms with Crippen molar-refractivity contribution in [1.29, 1.82) is 0 Å². The Morgan fingerprint density at radius 1 is 1.10 bits per heavy atom. The van der Waals surface area contributed by atoms with E-state index in [4.69, 9.17) is 11.6 Å². The van der Waals surface area contributed by atoms with E-state index in [2.05, 4.69) is 20.9 Å². The van der Waals surface area contributed by atoms with Crippen LogP contribution in [0.1, 0.15) is 16.1 Å². The molecule has 104 valence electrons. The molecular weight excluding hydrogens is 350 g/mol. The molecule has 0 saturated heterocycles. The molecule has 0 bridgehead atoms. The fraction of sp³-hybridized carbons (Fsp3) is 0.0588. The standard InChI is InChI=1S/C17H11BrClNO/c18-15-9-12(19)6-8-14(15)17(21)10-13-7-5-11-3-1-2-4-16(11)20-13/h1-9H,10H2. The van der Waals surface area contributed by atoms with Crippen LogP contribution in [0.2, 0.25) is 5.02 Å². The molecule has 0 spiro atoms. The minimum atomic E-state index is 0.0151. The lowest BCUT2D eigenvalue weighted by Crippen LogP contribution is -2.06. The van der Waals surface area contributed by atoms with Crippen LogP contribution in [0, 0.1) is 0 Å². The first-order valence-corrected chi connectivity index (χ1v) is 7.63. The number of benzene rings is 2. The second-order valence-corrected chi connectivity index (χ2v) is 6.01. The third-order valence-electron chi connectivity index (χ3n) is 3.23. The van der Waals surface area contributed by atoms with E-state index < -0.39 is 0 Å². The Bertz CT molecular complexity index is 832. The number of hydrogen-bond acceptors (Lipinski definition) is 2. The average Bonchev–Trinajstić information content (AvgIpc) is 2.47. The Balaban J connectivity index is 1.89. The maximum Gasteiger partial charge on any atom is 0.169 e. The maximum absolute atomic E-state index is 12.4. The van der Waals surface area contributed by atoms with E-state index in [0.717, 1.165) is 16.6 Å². The van der Waals surface area contributed by atoms with Crippen molar-refractivity contribution in [1.82, 2.24) is 4.98 Å². The molecule has 0 atom stereocenters. The second-order valence-electron chi connectivity index (χ2n) is 4.72. The van der Waals surface area contributed by atoms with E-state index in [-0.39, 0.29) is 12.2 Å². The number of carbonyl (C=O) groups excluding carboxylic acids is 1. The highest BCUT2D eigenvalue weighted by Crippen LogP contribution is 2.23. The average molecular weight is 361 g/mol. The molecule has 0 fully saturated rings. The Hall–Kier alpha value is -1.71. The van der Waals surface area contributed by atoms with Gasteiger partial charge >= 0.3 is 0 Å². The molecular formula is C17H11BrClNO. The summed E-state index contributed by atoms with van der Waals surface area (Å²) in [5.41, 5.74) is 2.29. The van der Waals surface area contributed by atoms with Crippen LogP contribution in [0.5, 0.6) is 0 Å². The van der Waals surface area contributed by atoms with Gasteiger partial charge in [-0.3, -0.25) is 9.78 Å². The van der Waals surface area contributed by atoms with Gasteiger partial charge in [-0.2, -0.15) is 0 Å². The lowest BCUT2D eigenvalue weighted by molar-refractivity contribution is 0.0991. The predicted molar refractivity (Wildman–Crippen MR) is 88.9 cm³/mol. The number of fused-ring (bicyclic) bond motifs is 1. The molecule has 2 nitrogen and oxygen atoms in total. The molecule has 3 rings (SSSR count). The van der Waals surface area contributed by atoms with Crippen molar-refractivity contribution >= 4 is 44.2 Å². The van der Waals surface area contributed by atoms with Crippen LogP contribution in [0.4, 0.5) is 0 Å². The van der Waals surface area contributed by atoms with Crippen LogP contribution in [-0.4, -0.2) is 10.8 Å². The smallest absolute Gasteiger partial charge is 0.169 e. The Morgan fingerprint density at radius 2 is 1.90 bits per heavy atom. The molecule has 21 heavy (non-hydrogen) atoms. The van der Waals surface area contributed by atoms with Crippen molar-refractivity contribution in [2.24, 2.45) is 0 Å². The first kappa shape index (κ1) is 14.2. The van der Waals surface area contributed by atoms with E-state index in [1.54, 1.807) is 18.2 Å². The van der Waals surface area contributed by atoms with Gasteiger partial charge in [-0.1, -0.05) is 35.9 Å². The summed E-state index contributed by atoms with van der Waals surface area (Å²) in [6.07, 6.45) is 0.269. The summed E-state index contributed by atoms with van der Waals surface area (Å²) in [5, 5.41) is 1.67. The van der Waals surface area contributed by atoms with Crippen LogP contribution in [0.3, 0.4) is 0 Å². The van der Waals surface area contributed by atoms with Gasteiger partial charge in [0.25, 0.3) is 0 Å². The molecule has 2 aromatic carbocycles. The molecule has 0 aliphatic carbocycles. The zero-order chi connectivity index (χ0) is 14.8. The van der Waals surface area contributed by atoms with Gasteiger partial charge in [0, 0.05) is 26.1 Å². The molecule has 0 saturated carbocycles. The molecule has 0 radical (unpaired) electrons. The number of nitrogens with zero attached hydrogens (tertiary/aromatic N) is 1. The molecule has 1 heterocycles. The molecule has 0 aliphatic rings. The van der Waals surface area contributed by atoms with E-state index in [0.29, 0.717) is 15.1 Å². The topological polar surface area (TPSA) is 30.0 Å². The van der Waals surface area contributed by atoms with Crippen molar-refractivity contribution < 1.29 is 4.79 Å². The van der Waals surface area contributed by atoms with Gasteiger partial charge in [-0.25, -0.2) is 0 Å². The largest absolute Gasteiger partial charge is 0.294 e. The lowest BCUT2D eigenvalue weighted by atomic mass is 10.1. The van der Waals surface area contributed by atoms with Crippen molar-refractivity contribution in [2.45, 2.75) is 6.42 Å². The van der Waals surface area contributed by atoms with Gasteiger partial charge < -0.3 is 0 Å². The molecule has 3 aromatic rings. The summed E-state index contributed by atoms with van der Waals surface area (Å²) in [6.45, 7) is 0. The van der Waals surface area contributed by atoms with Gasteiger partial charge in [0.05, 0.1) is 11.9 Å². The summed E-state index contributed by atoms with van der Waals surface area (Å²) in [4.78, 5) is 16.9. The Morgan fingerprint density at radius 3 is 2.71 bits per heavy atom. The number of aromatic nitrogens is 1. The molecule has 0 amide bonds. The molecule has 1 aromatic heterocycles. The minimum absolute atomic E-state index is 0.0151. The SMILES string of the molecule is O=C(Cc1ccc2ccccc2n1)c1ccc(Cl)cc1Br. The van der Waals surface area contributed by atoms with Crippen LogP contribution in [0.15, 0.2) is 59.1 Å². The monoisotopic (exact) mass is 359 g/mol. The first-order valence-electron chi connectivity index (χ1n) is 6.46. The highest BCUT2D eigenvalue weighted by molar-refractivity contribution is 9.10. The van der Waals surface area contributed by atoms with Crippen LogP contribution in [0.25, 0.3) is 10.9 Å². The van der Waals surface area contributed by atoms with Crippen LogP contribution in [-0.2, 0) is 6.42 Å². The first-order chi connectivity index (χ1) is 10.1. The number of para-hydroxylation sites is 1. The van der Waals surface area contributed by atoms with Gasteiger partial charge in [-0.15, -0.1) is 0 Å². The fourth-order valence-corrected chi connectivity index (χ4v) is 3.09. The van der Waals surface area contributed by atoms with Crippen molar-refractivity contribution in [3.05, 3.63) is 75.4 Å². The summed E-state index contributed by atoms with van der Waals surface area (Å²) >= 11 is 9.27. The fourth-order valence-electron chi connectivity index (χ4n) is 2.18. The third kappa shape index (κ3) is 3.14. The van der Waals surface area contributed by atoms with E-state index >= 15 is 0 Å². The van der Waals surface area contributed by atoms with Crippen LogP contribution >= 0.6 is 27.5 Å². The van der Waals surface area contributed by atoms with Gasteiger partial charge in [0.15, 0.2) is 5.78 Å². The molecule has 0 N–H and O–H groups in total. The Kier molecular flexibility index (Phi) is 4.04. The highest BCUT2D eigenvalue weighted by Gasteiger charge is 2.12. The van der Waals surface area contributed by atoms with Gasteiger partial charge in [-0.05, 0) is 46.3 Å². The quantitative estimate of drug-likeness (QED) is 0.610. The number of halogens is 2. The second kappa shape index (κ2) is 5.96. The van der Waals surface area contributed by atoms with E-state index in [1.165, 1.54) is 0 Å². The van der Waals surface area contributed by atoms with Crippen LogP contribution < -0.4 is 0 Å². The maximum atomic E-state index is 12.4. The lowest BCUT2D eigenvalue weighted by Gasteiger charge is -2.05. The number of pyridine rings is 1. The number of ketones is 1. The number of hydrogen-bond donors (Lipinski definition) is 0. The summed E-state index contributed by atoms with van der Waals surface area (Å²) in [7, 11) is 0. The highest BCUT2D eigenvalue weighted by atomic mass is 79.9. The van der Waals surface area contributed by atoms with E-state index in [9.17, 15) is 4.79 Å². The number of rotatable bonds is 3. The predicted octanol–water partition coefficient (Wildman–Crippen LogP) is 5.08. The van der Waals surface area contributed by atoms with Crippen molar-refractivity contribution in [2.75, 3.05) is 0 Å². The third-order valence-corrected chi connectivity index (χ3v) is 4.12. The number of carbonyl (C=O) groups is 1. The summed E-state index contributed by atoms with van der Waals surface area (Å²) in [5.74, 6) is 0.0151. The molecule has 0 aliphatic heterocycles. The number of Topliss-reactive ketones (excluding diaryl/α,β-unsaturated/α-hetero) is 1. The molecule has 0 unspecified atom stereocenters. The van der Waals surface area contributed by atoms with Crippen molar-refractivity contribution in [3.63, 3.8) is 0 Å². The van der Waals surface area contributed by atoms with Gasteiger partial charge in [0.1, 0.15) is 0 Å².